The van der Waals surface area contributed by atoms with Gasteiger partial charge in [0, 0.05) is 29.6 Å². The predicted molar refractivity (Wildman–Crippen MR) is 182 cm³/mol. The van der Waals surface area contributed by atoms with Crippen LogP contribution in [0.15, 0.2) is 102 Å². The van der Waals surface area contributed by atoms with E-state index >= 15 is 0 Å². The third-order valence-electron chi connectivity index (χ3n) is 6.90. The van der Waals surface area contributed by atoms with Crippen LogP contribution in [0.1, 0.15) is 24.5 Å². The van der Waals surface area contributed by atoms with E-state index in [-0.39, 0.29) is 44.5 Å². The molecule has 4 rings (SSSR count). The molecular weight excluding hydrogens is 676 g/mol. The van der Waals surface area contributed by atoms with Gasteiger partial charge in [0.25, 0.3) is 10.0 Å². The zero-order chi connectivity index (χ0) is 32.6. The molecule has 4 aromatic carbocycles. The number of anilines is 1. The molecule has 0 spiro atoms. The molecule has 0 aliphatic heterocycles. The van der Waals surface area contributed by atoms with Gasteiger partial charge in [-0.3, -0.25) is 13.9 Å². The second-order valence-electron chi connectivity index (χ2n) is 10.2. The molecule has 0 radical (unpaired) electrons. The van der Waals surface area contributed by atoms with Crippen molar-refractivity contribution in [1.82, 2.24) is 10.2 Å². The van der Waals surface area contributed by atoms with Crippen molar-refractivity contribution in [3.05, 3.63) is 128 Å². The molecule has 2 amide bonds. The van der Waals surface area contributed by atoms with Crippen LogP contribution in [0.3, 0.4) is 0 Å². The fourth-order valence-corrected chi connectivity index (χ4v) is 6.94. The number of carbonyl (C=O) groups is 2. The van der Waals surface area contributed by atoms with Crippen LogP contribution in [0.5, 0.6) is 0 Å². The Kier molecular flexibility index (Phi) is 12.2. The van der Waals surface area contributed by atoms with Crippen molar-refractivity contribution in [3.8, 4) is 0 Å². The van der Waals surface area contributed by atoms with Crippen LogP contribution in [-0.2, 0) is 32.6 Å². The first kappa shape index (κ1) is 34.6. The maximum atomic E-state index is 14.5. The smallest absolute Gasteiger partial charge is 0.264 e. The van der Waals surface area contributed by atoms with Crippen molar-refractivity contribution in [2.75, 3.05) is 17.4 Å². The summed E-state index contributed by atoms with van der Waals surface area (Å²) in [7, 11) is -4.29. The Morgan fingerprint density at radius 2 is 1.40 bits per heavy atom. The average molecular weight is 708 g/mol. The zero-order valence-electron chi connectivity index (χ0n) is 24.3. The van der Waals surface area contributed by atoms with Crippen LogP contribution in [0.2, 0.25) is 20.1 Å². The summed E-state index contributed by atoms with van der Waals surface area (Å²) in [4.78, 5) is 29.5. The van der Waals surface area contributed by atoms with Gasteiger partial charge in [0.05, 0.1) is 20.6 Å². The summed E-state index contributed by atoms with van der Waals surface area (Å²) >= 11 is 25.0. The number of amides is 2. The highest BCUT2D eigenvalue weighted by Crippen LogP contribution is 2.31. The van der Waals surface area contributed by atoms with E-state index in [4.69, 9.17) is 46.4 Å². The number of carbonyl (C=O) groups excluding carboxylic acids is 2. The molecule has 236 valence electrons. The Hall–Kier alpha value is -3.27. The molecule has 0 aliphatic carbocycles. The summed E-state index contributed by atoms with van der Waals surface area (Å²) in [5.41, 5.74) is 1.51. The minimum absolute atomic E-state index is 0.0357. The largest absolute Gasteiger partial charge is 0.354 e. The second kappa shape index (κ2) is 15.8. The van der Waals surface area contributed by atoms with Gasteiger partial charge in [-0.05, 0) is 60.0 Å². The molecule has 0 unspecified atom stereocenters. The summed E-state index contributed by atoms with van der Waals surface area (Å²) < 4.78 is 29.0. The van der Waals surface area contributed by atoms with Crippen LogP contribution in [0.25, 0.3) is 0 Å². The SMILES string of the molecule is CCCNC(=O)[C@H](Cc1ccccc1)N(Cc1ccc(Cl)c(Cl)c1)C(=O)CN(c1cc(Cl)cc(Cl)c1)S(=O)(=O)c1ccccc1. The van der Waals surface area contributed by atoms with Gasteiger partial charge < -0.3 is 10.2 Å². The molecule has 0 aromatic heterocycles. The van der Waals surface area contributed by atoms with Gasteiger partial charge in [-0.1, -0.05) is 108 Å². The lowest BCUT2D eigenvalue weighted by molar-refractivity contribution is -0.140. The van der Waals surface area contributed by atoms with E-state index in [1.807, 2.05) is 37.3 Å². The van der Waals surface area contributed by atoms with E-state index in [0.717, 1.165) is 9.87 Å². The Morgan fingerprint density at radius 1 is 0.778 bits per heavy atom. The van der Waals surface area contributed by atoms with Crippen LogP contribution >= 0.6 is 46.4 Å². The number of rotatable bonds is 13. The van der Waals surface area contributed by atoms with Crippen molar-refractivity contribution in [3.63, 3.8) is 0 Å². The Morgan fingerprint density at radius 3 is 2.00 bits per heavy atom. The minimum atomic E-state index is -4.29. The third kappa shape index (κ3) is 9.15. The molecule has 0 bridgehead atoms. The van der Waals surface area contributed by atoms with Crippen molar-refractivity contribution in [2.45, 2.75) is 37.2 Å². The van der Waals surface area contributed by atoms with Gasteiger partial charge in [-0.2, -0.15) is 0 Å². The van der Waals surface area contributed by atoms with Gasteiger partial charge in [0.15, 0.2) is 0 Å². The van der Waals surface area contributed by atoms with Gasteiger partial charge >= 0.3 is 0 Å². The summed E-state index contributed by atoms with van der Waals surface area (Å²) in [6.45, 7) is 1.62. The molecule has 1 N–H and O–H groups in total. The first-order valence-corrected chi connectivity index (χ1v) is 17.0. The molecule has 1 atom stereocenters. The summed E-state index contributed by atoms with van der Waals surface area (Å²) in [5.74, 6) is -1.01. The number of hydrogen-bond donors (Lipinski definition) is 1. The molecular formula is C33H31Cl4N3O4S. The fraction of sp³-hybridized carbons (Fsp3) is 0.212. The average Bonchev–Trinajstić information content (AvgIpc) is 3.02. The number of halogens is 4. The fourth-order valence-electron chi connectivity index (χ4n) is 4.69. The molecule has 0 aliphatic rings. The Bertz CT molecular complexity index is 1720. The number of sulfonamides is 1. The molecule has 0 heterocycles. The number of nitrogens with zero attached hydrogens (tertiary/aromatic N) is 2. The normalized spacial score (nSPS) is 11.9. The first-order valence-electron chi connectivity index (χ1n) is 14.1. The molecule has 0 fully saturated rings. The van der Waals surface area contributed by atoms with Gasteiger partial charge in [-0.25, -0.2) is 8.42 Å². The third-order valence-corrected chi connectivity index (χ3v) is 9.87. The maximum absolute atomic E-state index is 14.5. The molecule has 45 heavy (non-hydrogen) atoms. The minimum Gasteiger partial charge on any atom is -0.354 e. The lowest BCUT2D eigenvalue weighted by atomic mass is 10.0. The van der Waals surface area contributed by atoms with Crippen molar-refractivity contribution >= 4 is 73.9 Å². The quantitative estimate of drug-likeness (QED) is 0.155. The van der Waals surface area contributed by atoms with Crippen molar-refractivity contribution in [1.29, 1.82) is 0 Å². The van der Waals surface area contributed by atoms with E-state index in [0.29, 0.717) is 23.6 Å². The predicted octanol–water partition coefficient (Wildman–Crippen LogP) is 7.66. The maximum Gasteiger partial charge on any atom is 0.264 e. The van der Waals surface area contributed by atoms with E-state index < -0.39 is 28.5 Å². The van der Waals surface area contributed by atoms with Gasteiger partial charge in [0.1, 0.15) is 12.6 Å². The Balaban J connectivity index is 1.82. The molecule has 0 saturated heterocycles. The van der Waals surface area contributed by atoms with Crippen molar-refractivity contribution in [2.24, 2.45) is 0 Å². The van der Waals surface area contributed by atoms with E-state index in [9.17, 15) is 18.0 Å². The molecule has 12 heteroatoms. The van der Waals surface area contributed by atoms with Gasteiger partial charge in [0.2, 0.25) is 11.8 Å². The lowest BCUT2D eigenvalue weighted by Gasteiger charge is -2.34. The highest BCUT2D eigenvalue weighted by molar-refractivity contribution is 7.92. The molecule has 4 aromatic rings. The zero-order valence-corrected chi connectivity index (χ0v) is 28.1. The van der Waals surface area contributed by atoms with Crippen LogP contribution < -0.4 is 9.62 Å². The number of nitrogens with one attached hydrogen (secondary N) is 1. The van der Waals surface area contributed by atoms with Crippen LogP contribution in [0.4, 0.5) is 5.69 Å². The Labute approximate surface area is 283 Å². The monoisotopic (exact) mass is 705 g/mol. The van der Waals surface area contributed by atoms with E-state index in [1.54, 1.807) is 36.4 Å². The highest BCUT2D eigenvalue weighted by atomic mass is 35.5. The lowest BCUT2D eigenvalue weighted by Crippen LogP contribution is -2.53. The second-order valence-corrected chi connectivity index (χ2v) is 13.8. The molecule has 0 saturated carbocycles. The number of hydrogen-bond acceptors (Lipinski definition) is 4. The standard InChI is InChI=1S/C33H31Cl4N3O4S/c1-2-15-38-33(42)31(17-23-9-5-3-6-10-23)39(21-24-13-14-29(36)30(37)16-24)32(41)22-40(27-19-25(34)18-26(35)20-27)45(43,44)28-11-7-4-8-12-28/h3-14,16,18-20,31H,2,15,17,21-22H2,1H3,(H,38,42)/t31-/m0/s1. The van der Waals surface area contributed by atoms with E-state index in [1.165, 1.54) is 35.2 Å². The van der Waals surface area contributed by atoms with Gasteiger partial charge in [-0.15, -0.1) is 0 Å². The molecule has 7 nitrogen and oxygen atoms in total. The summed E-state index contributed by atoms with van der Waals surface area (Å²) in [6, 6.07) is 25.2. The summed E-state index contributed by atoms with van der Waals surface area (Å²) in [6.07, 6.45) is 0.862. The van der Waals surface area contributed by atoms with Crippen LogP contribution in [-0.4, -0.2) is 44.3 Å². The highest BCUT2D eigenvalue weighted by Gasteiger charge is 2.34. The number of benzene rings is 4. The topological polar surface area (TPSA) is 86.8 Å². The van der Waals surface area contributed by atoms with E-state index in [2.05, 4.69) is 5.32 Å². The van der Waals surface area contributed by atoms with Crippen molar-refractivity contribution < 1.29 is 18.0 Å². The van der Waals surface area contributed by atoms with Crippen LogP contribution in [0, 0.1) is 0 Å². The summed E-state index contributed by atoms with van der Waals surface area (Å²) in [5, 5.41) is 3.88. The first-order chi connectivity index (χ1) is 21.5.